The molecule has 3 heteroatoms. The summed E-state index contributed by atoms with van der Waals surface area (Å²) in [5, 5.41) is 0. The van der Waals surface area contributed by atoms with Crippen LogP contribution in [0.2, 0.25) is 0 Å². The van der Waals surface area contributed by atoms with Crippen molar-refractivity contribution in [1.82, 2.24) is 0 Å². The van der Waals surface area contributed by atoms with Crippen LogP contribution in [0.4, 0.5) is 4.39 Å². The van der Waals surface area contributed by atoms with Crippen molar-refractivity contribution in [2.75, 3.05) is 0 Å². The summed E-state index contributed by atoms with van der Waals surface area (Å²) >= 11 is 0. The number of fused-ring (bicyclic) bond motifs is 1. The predicted molar refractivity (Wildman–Crippen MR) is 72.5 cm³/mol. The summed E-state index contributed by atoms with van der Waals surface area (Å²) in [6.07, 6.45) is 1.56. The minimum atomic E-state index is -0.286. The highest BCUT2D eigenvalue weighted by Crippen LogP contribution is 2.34. The number of ether oxygens (including phenoxy) is 1. The fourth-order valence-corrected chi connectivity index (χ4v) is 2.56. The lowest BCUT2D eigenvalue weighted by atomic mass is 9.94. The van der Waals surface area contributed by atoms with Gasteiger partial charge in [0.2, 0.25) is 0 Å². The fourth-order valence-electron chi connectivity index (χ4n) is 2.56. The Morgan fingerprint density at radius 1 is 1.16 bits per heavy atom. The van der Waals surface area contributed by atoms with Crippen molar-refractivity contribution >= 4 is 0 Å². The maximum atomic E-state index is 13.3. The van der Waals surface area contributed by atoms with Crippen molar-refractivity contribution in [2.45, 2.75) is 25.0 Å². The van der Waals surface area contributed by atoms with Crippen LogP contribution >= 0.6 is 0 Å². The molecule has 2 atom stereocenters. The molecule has 0 aromatic heterocycles. The van der Waals surface area contributed by atoms with Crippen LogP contribution in [-0.2, 0) is 6.42 Å². The van der Waals surface area contributed by atoms with Gasteiger partial charge in [0.05, 0.1) is 0 Å². The van der Waals surface area contributed by atoms with E-state index < -0.39 is 0 Å². The van der Waals surface area contributed by atoms with Crippen LogP contribution in [0.3, 0.4) is 0 Å². The van der Waals surface area contributed by atoms with E-state index >= 15 is 0 Å². The van der Waals surface area contributed by atoms with Gasteiger partial charge in [0.1, 0.15) is 17.7 Å². The third-order valence-corrected chi connectivity index (χ3v) is 3.49. The summed E-state index contributed by atoms with van der Waals surface area (Å²) in [6, 6.07) is 14.6. The van der Waals surface area contributed by atoms with Crippen LogP contribution in [0.1, 0.15) is 23.6 Å². The van der Waals surface area contributed by atoms with Gasteiger partial charge in [-0.2, -0.15) is 0 Å². The molecule has 98 valence electrons. The second-order valence-corrected chi connectivity index (χ2v) is 4.95. The molecular formula is C16H16FNO. The molecule has 0 saturated heterocycles. The summed E-state index contributed by atoms with van der Waals surface area (Å²) in [5.41, 5.74) is 8.24. The average Bonchev–Trinajstić information content (AvgIpc) is 2.39. The molecule has 2 nitrogen and oxygen atoms in total. The van der Waals surface area contributed by atoms with Gasteiger partial charge in [0.15, 0.2) is 0 Å². The quantitative estimate of drug-likeness (QED) is 0.896. The SMILES string of the molecule is N[C@@H]1CC(Cc2ccccc2)Oc2cc(F)ccc21. The Morgan fingerprint density at radius 3 is 2.74 bits per heavy atom. The van der Waals surface area contributed by atoms with Crippen molar-refractivity contribution < 1.29 is 9.13 Å². The highest BCUT2D eigenvalue weighted by molar-refractivity contribution is 5.38. The van der Waals surface area contributed by atoms with E-state index in [1.807, 2.05) is 18.2 Å². The molecule has 2 aromatic carbocycles. The van der Waals surface area contributed by atoms with Crippen molar-refractivity contribution in [3.05, 3.63) is 65.5 Å². The zero-order valence-corrected chi connectivity index (χ0v) is 10.6. The Kier molecular flexibility index (Phi) is 3.22. The molecule has 1 unspecified atom stereocenters. The number of rotatable bonds is 2. The molecule has 0 fully saturated rings. The molecule has 0 bridgehead atoms. The predicted octanol–water partition coefficient (Wildman–Crippen LogP) is 3.22. The minimum absolute atomic E-state index is 0.00620. The minimum Gasteiger partial charge on any atom is -0.490 e. The van der Waals surface area contributed by atoms with Crippen molar-refractivity contribution in [2.24, 2.45) is 5.73 Å². The first kappa shape index (κ1) is 12.2. The van der Waals surface area contributed by atoms with Gasteiger partial charge in [-0.3, -0.25) is 0 Å². The normalized spacial score (nSPS) is 21.6. The second kappa shape index (κ2) is 5.02. The molecule has 1 aliphatic rings. The number of benzene rings is 2. The number of hydrogen-bond acceptors (Lipinski definition) is 2. The first-order chi connectivity index (χ1) is 9.22. The molecule has 0 saturated carbocycles. The third kappa shape index (κ3) is 2.61. The molecule has 19 heavy (non-hydrogen) atoms. The van der Waals surface area contributed by atoms with Crippen LogP contribution in [0.5, 0.6) is 5.75 Å². The standard InChI is InChI=1S/C16H16FNO/c17-12-6-7-14-15(18)10-13(19-16(14)9-12)8-11-4-2-1-3-5-11/h1-7,9,13,15H,8,10,18H2/t13?,15-/m1/s1. The lowest BCUT2D eigenvalue weighted by molar-refractivity contribution is 0.158. The summed E-state index contributed by atoms with van der Waals surface area (Å²) in [7, 11) is 0. The topological polar surface area (TPSA) is 35.2 Å². The van der Waals surface area contributed by atoms with Gasteiger partial charge in [0, 0.05) is 30.5 Å². The summed E-state index contributed by atoms with van der Waals surface area (Å²) in [6.45, 7) is 0. The van der Waals surface area contributed by atoms with E-state index in [-0.39, 0.29) is 18.0 Å². The molecular weight excluding hydrogens is 241 g/mol. The van der Waals surface area contributed by atoms with Crippen LogP contribution in [-0.4, -0.2) is 6.10 Å². The van der Waals surface area contributed by atoms with E-state index in [0.717, 1.165) is 18.4 Å². The molecule has 2 aromatic rings. The van der Waals surface area contributed by atoms with Gasteiger partial charge in [-0.05, 0) is 11.6 Å². The summed E-state index contributed by atoms with van der Waals surface area (Å²) in [5.74, 6) is 0.297. The monoisotopic (exact) mass is 257 g/mol. The Balaban J connectivity index is 1.81. The van der Waals surface area contributed by atoms with Crippen LogP contribution in [0, 0.1) is 5.82 Å². The lowest BCUT2D eigenvalue weighted by Gasteiger charge is -2.30. The Morgan fingerprint density at radius 2 is 1.95 bits per heavy atom. The van der Waals surface area contributed by atoms with Crippen LogP contribution < -0.4 is 10.5 Å². The molecule has 0 radical (unpaired) electrons. The highest BCUT2D eigenvalue weighted by atomic mass is 19.1. The van der Waals surface area contributed by atoms with E-state index in [9.17, 15) is 4.39 Å². The highest BCUT2D eigenvalue weighted by Gasteiger charge is 2.26. The first-order valence-corrected chi connectivity index (χ1v) is 6.48. The van der Waals surface area contributed by atoms with Crippen molar-refractivity contribution in [1.29, 1.82) is 0 Å². The van der Waals surface area contributed by atoms with E-state index in [1.54, 1.807) is 6.07 Å². The maximum absolute atomic E-state index is 13.3. The molecule has 1 aliphatic heterocycles. The summed E-state index contributed by atoms with van der Waals surface area (Å²) < 4.78 is 19.1. The molecule has 0 aliphatic carbocycles. The molecule has 2 N–H and O–H groups in total. The third-order valence-electron chi connectivity index (χ3n) is 3.49. The van der Waals surface area contributed by atoms with Crippen molar-refractivity contribution in [3.8, 4) is 5.75 Å². The molecule has 0 spiro atoms. The maximum Gasteiger partial charge on any atom is 0.127 e. The molecule has 0 amide bonds. The zero-order chi connectivity index (χ0) is 13.2. The second-order valence-electron chi connectivity index (χ2n) is 4.95. The van der Waals surface area contributed by atoms with E-state index in [0.29, 0.717) is 5.75 Å². The largest absolute Gasteiger partial charge is 0.490 e. The fraction of sp³-hybridized carbons (Fsp3) is 0.250. The van der Waals surface area contributed by atoms with E-state index in [1.165, 1.54) is 17.7 Å². The van der Waals surface area contributed by atoms with Gasteiger partial charge in [-0.25, -0.2) is 4.39 Å². The Hall–Kier alpha value is -1.87. The average molecular weight is 257 g/mol. The van der Waals surface area contributed by atoms with Crippen LogP contribution in [0.25, 0.3) is 0 Å². The van der Waals surface area contributed by atoms with Crippen molar-refractivity contribution in [3.63, 3.8) is 0 Å². The number of nitrogens with two attached hydrogens (primary N) is 1. The number of halogens is 1. The zero-order valence-electron chi connectivity index (χ0n) is 10.6. The smallest absolute Gasteiger partial charge is 0.127 e. The van der Waals surface area contributed by atoms with Gasteiger partial charge in [-0.15, -0.1) is 0 Å². The van der Waals surface area contributed by atoms with E-state index in [2.05, 4.69) is 12.1 Å². The van der Waals surface area contributed by atoms with E-state index in [4.69, 9.17) is 10.5 Å². The van der Waals surface area contributed by atoms with Crippen LogP contribution in [0.15, 0.2) is 48.5 Å². The Labute approximate surface area is 112 Å². The lowest BCUT2D eigenvalue weighted by Crippen LogP contribution is -2.31. The van der Waals surface area contributed by atoms with Gasteiger partial charge < -0.3 is 10.5 Å². The Bertz CT molecular complexity index is 570. The van der Waals surface area contributed by atoms with Gasteiger partial charge in [0.25, 0.3) is 0 Å². The first-order valence-electron chi connectivity index (χ1n) is 6.48. The molecule has 3 rings (SSSR count). The molecule has 1 heterocycles. The van der Waals surface area contributed by atoms with Gasteiger partial charge >= 0.3 is 0 Å². The van der Waals surface area contributed by atoms with Gasteiger partial charge in [-0.1, -0.05) is 36.4 Å². The summed E-state index contributed by atoms with van der Waals surface area (Å²) in [4.78, 5) is 0. The number of hydrogen-bond donors (Lipinski definition) is 1.